The second-order valence-electron chi connectivity index (χ2n) is 8.23. The molecule has 0 bridgehead atoms. The van der Waals surface area contributed by atoms with Crippen molar-refractivity contribution in [2.45, 2.75) is 185 Å². The Bertz CT molecular complexity index is 962. The molecular formula is C55H102. The SMILES string of the molecule is C.CC.CC.CC.CC.CC.CC.CC.CC.CC.CCCC.CCCC.c1ccc(-c2ccccc2)cc1.c1ccc2ccccc2c1.c1ccccc1. The van der Waals surface area contributed by atoms with E-state index >= 15 is 0 Å². The van der Waals surface area contributed by atoms with Crippen molar-refractivity contribution in [3.05, 3.63) is 146 Å². The molecule has 5 rings (SSSR count). The molecule has 0 aliphatic carbocycles. The van der Waals surface area contributed by atoms with Gasteiger partial charge < -0.3 is 0 Å². The number of benzene rings is 5. The molecule has 0 atom stereocenters. The Morgan fingerprint density at radius 2 is 0.345 bits per heavy atom. The number of rotatable bonds is 3. The summed E-state index contributed by atoms with van der Waals surface area (Å²) in [6, 6.07) is 49.5. The van der Waals surface area contributed by atoms with E-state index in [1.807, 2.05) is 173 Å². The lowest BCUT2D eigenvalue weighted by molar-refractivity contribution is 0.886. The molecule has 0 saturated carbocycles. The molecule has 0 aliphatic heterocycles. The van der Waals surface area contributed by atoms with Crippen LogP contribution in [-0.2, 0) is 0 Å². The Morgan fingerprint density at radius 1 is 0.218 bits per heavy atom. The summed E-state index contributed by atoms with van der Waals surface area (Å²) in [5.41, 5.74) is 2.55. The molecule has 5 aromatic rings. The van der Waals surface area contributed by atoms with Gasteiger partial charge in [-0.05, 0) is 21.9 Å². The third-order valence-corrected chi connectivity index (χ3v) is 5.21. The summed E-state index contributed by atoms with van der Waals surface area (Å²) in [5, 5.41) is 2.62. The summed E-state index contributed by atoms with van der Waals surface area (Å²) in [6.07, 6.45) is 5.28. The monoisotopic (exact) mass is 763 g/mol. The van der Waals surface area contributed by atoms with Crippen LogP contribution in [0.4, 0.5) is 0 Å². The van der Waals surface area contributed by atoms with Gasteiger partial charge in [0.25, 0.3) is 0 Å². The van der Waals surface area contributed by atoms with Crippen LogP contribution in [0.25, 0.3) is 21.9 Å². The molecule has 0 heteroatoms. The van der Waals surface area contributed by atoms with Gasteiger partial charge in [0, 0.05) is 0 Å². The van der Waals surface area contributed by atoms with Crippen molar-refractivity contribution >= 4 is 10.8 Å². The zero-order valence-electron chi connectivity index (χ0n) is 40.7. The Balaban J connectivity index is -0.0000000538. The van der Waals surface area contributed by atoms with Crippen LogP contribution in [-0.4, -0.2) is 0 Å². The van der Waals surface area contributed by atoms with Gasteiger partial charge in [-0.3, -0.25) is 0 Å². The first-order valence-electron chi connectivity index (χ1n) is 22.3. The lowest BCUT2D eigenvalue weighted by atomic mass is 10.1. The zero-order chi connectivity index (χ0) is 44.1. The lowest BCUT2D eigenvalue weighted by Gasteiger charge is -1.98. The fourth-order valence-corrected chi connectivity index (χ4v) is 2.78. The van der Waals surface area contributed by atoms with Crippen LogP contribution in [0.15, 0.2) is 146 Å². The van der Waals surface area contributed by atoms with Crippen LogP contribution >= 0.6 is 0 Å². The van der Waals surface area contributed by atoms with Gasteiger partial charge in [0.1, 0.15) is 0 Å². The van der Waals surface area contributed by atoms with E-state index in [1.54, 1.807) is 0 Å². The van der Waals surface area contributed by atoms with Gasteiger partial charge in [0.15, 0.2) is 0 Å². The molecule has 0 aliphatic rings. The largest absolute Gasteiger partial charge is 0.0776 e. The minimum atomic E-state index is 0. The highest BCUT2D eigenvalue weighted by molar-refractivity contribution is 5.82. The third-order valence-electron chi connectivity index (χ3n) is 5.21. The quantitative estimate of drug-likeness (QED) is 0.172. The highest BCUT2D eigenvalue weighted by atomic mass is 14.0. The maximum atomic E-state index is 2.18. The van der Waals surface area contributed by atoms with Crippen LogP contribution in [0.1, 0.15) is 185 Å². The van der Waals surface area contributed by atoms with Crippen LogP contribution < -0.4 is 0 Å². The molecule has 55 heavy (non-hydrogen) atoms. The van der Waals surface area contributed by atoms with Crippen molar-refractivity contribution in [2.24, 2.45) is 0 Å². The zero-order valence-corrected chi connectivity index (χ0v) is 40.7. The average Bonchev–Trinajstić information content (AvgIpc) is 3.34. The maximum absolute atomic E-state index is 2.18. The van der Waals surface area contributed by atoms with Gasteiger partial charge in [-0.15, -0.1) is 0 Å². The second-order valence-corrected chi connectivity index (χ2v) is 8.23. The molecule has 322 valence electrons. The van der Waals surface area contributed by atoms with Crippen molar-refractivity contribution in [3.8, 4) is 11.1 Å². The Kier molecular flexibility index (Phi) is 128. The second kappa shape index (κ2) is 92.8. The first-order chi connectivity index (χ1) is 26.8. The van der Waals surface area contributed by atoms with E-state index in [4.69, 9.17) is 0 Å². The minimum Gasteiger partial charge on any atom is -0.0776 e. The number of unbranched alkanes of at least 4 members (excludes halogenated alkanes) is 2. The van der Waals surface area contributed by atoms with E-state index in [0.717, 1.165) is 0 Å². The van der Waals surface area contributed by atoms with E-state index < -0.39 is 0 Å². The summed E-state index contributed by atoms with van der Waals surface area (Å²) in [4.78, 5) is 0. The summed E-state index contributed by atoms with van der Waals surface area (Å²) in [6.45, 7) is 44.7. The third kappa shape index (κ3) is 65.6. The highest BCUT2D eigenvalue weighted by Crippen LogP contribution is 2.17. The van der Waals surface area contributed by atoms with E-state index in [9.17, 15) is 0 Å². The predicted octanol–water partition coefficient (Wildman–Crippen LogP) is 21.4. The molecule has 0 heterocycles. The van der Waals surface area contributed by atoms with Gasteiger partial charge >= 0.3 is 0 Å². The first kappa shape index (κ1) is 76.1. The van der Waals surface area contributed by atoms with Crippen LogP contribution in [0, 0.1) is 0 Å². The van der Waals surface area contributed by atoms with Crippen molar-refractivity contribution in [1.29, 1.82) is 0 Å². The number of hydrogen-bond acceptors (Lipinski definition) is 0. The van der Waals surface area contributed by atoms with Gasteiger partial charge in [-0.1, -0.05) is 331 Å². The first-order valence-corrected chi connectivity index (χ1v) is 22.3. The van der Waals surface area contributed by atoms with Gasteiger partial charge in [-0.2, -0.15) is 0 Å². The molecule has 0 amide bonds. The lowest BCUT2D eigenvalue weighted by Crippen LogP contribution is -1.73. The molecule has 0 N–H and O–H groups in total. The molecule has 0 aromatic heterocycles. The number of hydrogen-bond donors (Lipinski definition) is 0. The summed E-state index contributed by atoms with van der Waals surface area (Å²) >= 11 is 0. The molecule has 0 nitrogen and oxygen atoms in total. The van der Waals surface area contributed by atoms with E-state index in [-0.39, 0.29) is 7.43 Å². The van der Waals surface area contributed by atoms with Crippen LogP contribution in [0.2, 0.25) is 0 Å². The van der Waals surface area contributed by atoms with Crippen molar-refractivity contribution in [3.63, 3.8) is 0 Å². The summed E-state index contributed by atoms with van der Waals surface area (Å²) < 4.78 is 0. The molecule has 0 saturated heterocycles. The molecule has 0 radical (unpaired) electrons. The number of fused-ring (bicyclic) bond motifs is 1. The van der Waals surface area contributed by atoms with Gasteiger partial charge in [0.05, 0.1) is 0 Å². The summed E-state index contributed by atoms with van der Waals surface area (Å²) in [7, 11) is 0. The minimum absolute atomic E-state index is 0. The fourth-order valence-electron chi connectivity index (χ4n) is 2.78. The molecule has 0 unspecified atom stereocenters. The van der Waals surface area contributed by atoms with Crippen molar-refractivity contribution in [2.75, 3.05) is 0 Å². The maximum Gasteiger partial charge on any atom is -0.0184 e. The molecule has 0 fully saturated rings. The van der Waals surface area contributed by atoms with Gasteiger partial charge in [0.2, 0.25) is 0 Å². The van der Waals surface area contributed by atoms with E-state index in [2.05, 4.69) is 125 Å². The molecular weight excluding hydrogens is 661 g/mol. The van der Waals surface area contributed by atoms with E-state index in [1.165, 1.54) is 47.6 Å². The van der Waals surface area contributed by atoms with Crippen molar-refractivity contribution in [1.82, 2.24) is 0 Å². The fraction of sp³-hybridized carbons (Fsp3) is 0.491. The van der Waals surface area contributed by atoms with E-state index in [0.29, 0.717) is 0 Å². The van der Waals surface area contributed by atoms with Crippen LogP contribution in [0.3, 0.4) is 0 Å². The Labute approximate surface area is 351 Å². The topological polar surface area (TPSA) is 0 Å². The standard InChI is InChI=1S/C12H10.C10H8.C6H6.2C4H10.9C2H6.CH4/c1-3-7-11(8-4-1)12-9-5-2-6-10-12;1-2-6-10-8-4-3-7-9(10)5-1;1-2-4-6-5-3-1;2*1-3-4-2;9*1-2;/h1-10H;1-8H;1-6H;2*3-4H2,1-2H3;9*1-2H3;1H4. The Morgan fingerprint density at radius 3 is 0.491 bits per heavy atom. The highest BCUT2D eigenvalue weighted by Gasteiger charge is 1.91. The van der Waals surface area contributed by atoms with Crippen LogP contribution in [0.5, 0.6) is 0 Å². The van der Waals surface area contributed by atoms with Crippen molar-refractivity contribution < 1.29 is 0 Å². The smallest absolute Gasteiger partial charge is 0.0184 e. The summed E-state index contributed by atoms with van der Waals surface area (Å²) in [5.74, 6) is 0. The predicted molar refractivity (Wildman–Crippen MR) is 272 cm³/mol. The van der Waals surface area contributed by atoms with Gasteiger partial charge in [-0.25, -0.2) is 0 Å². The molecule has 5 aromatic carbocycles. The average molecular weight is 763 g/mol. The Hall–Kier alpha value is -3.64. The molecule has 0 spiro atoms. The normalized spacial score (nSPS) is 6.87.